The Bertz CT molecular complexity index is 1020. The van der Waals surface area contributed by atoms with E-state index in [1.807, 2.05) is 0 Å². The molecule has 0 spiro atoms. The summed E-state index contributed by atoms with van der Waals surface area (Å²) in [6, 6.07) is 4.11. The van der Waals surface area contributed by atoms with Crippen molar-refractivity contribution in [3.63, 3.8) is 0 Å². The average Bonchev–Trinajstić information content (AvgIpc) is 2.72. The fourth-order valence-electron chi connectivity index (χ4n) is 2.31. The maximum atomic E-state index is 12.7. The first-order valence-electron chi connectivity index (χ1n) is 8.25. The number of anilines is 1. The summed E-state index contributed by atoms with van der Waals surface area (Å²) in [5.74, 6) is -0.986. The number of urea groups is 1. The number of nitrogens with zero attached hydrogens (tertiary/aromatic N) is 2. The molecule has 1 heterocycles. The smallest absolute Gasteiger partial charge is 0.339 e. The number of carbonyl (C=O) groups is 2. The lowest BCUT2D eigenvalue weighted by atomic mass is 10.1. The molecule has 0 atom stereocenters. The molecule has 1 aromatic heterocycles. The second-order valence-corrected chi connectivity index (χ2v) is 7.24. The second kappa shape index (κ2) is 9.84. The van der Waals surface area contributed by atoms with Gasteiger partial charge in [0.1, 0.15) is 4.90 Å². The predicted molar refractivity (Wildman–Crippen MR) is 103 cm³/mol. The van der Waals surface area contributed by atoms with Crippen LogP contribution in [0.3, 0.4) is 0 Å². The van der Waals surface area contributed by atoms with Gasteiger partial charge in [-0.15, -0.1) is 0 Å². The van der Waals surface area contributed by atoms with Crippen LogP contribution in [0.1, 0.15) is 15.9 Å². The van der Waals surface area contributed by atoms with E-state index >= 15 is 0 Å². The number of rotatable bonds is 8. The zero-order valence-electron chi connectivity index (χ0n) is 16.6. The van der Waals surface area contributed by atoms with Gasteiger partial charge in [0.15, 0.2) is 0 Å². The van der Waals surface area contributed by atoms with E-state index in [1.54, 1.807) is 4.72 Å². The Morgan fingerprint density at radius 1 is 1.00 bits per heavy atom. The second-order valence-electron chi connectivity index (χ2n) is 5.59. The van der Waals surface area contributed by atoms with Crippen LogP contribution >= 0.6 is 0 Å². The Morgan fingerprint density at radius 2 is 1.63 bits per heavy atom. The van der Waals surface area contributed by atoms with Gasteiger partial charge in [-0.05, 0) is 17.7 Å². The molecule has 2 amide bonds. The van der Waals surface area contributed by atoms with E-state index in [0.717, 1.165) is 7.11 Å². The van der Waals surface area contributed by atoms with Crippen LogP contribution in [0.15, 0.2) is 29.2 Å². The number of amides is 2. The van der Waals surface area contributed by atoms with Gasteiger partial charge in [-0.3, -0.25) is 5.32 Å². The first-order valence-corrected chi connectivity index (χ1v) is 9.73. The van der Waals surface area contributed by atoms with Crippen molar-refractivity contribution in [3.8, 4) is 11.8 Å². The number of hydrogen-bond donors (Lipinski definition) is 2. The van der Waals surface area contributed by atoms with Crippen molar-refractivity contribution in [2.45, 2.75) is 11.5 Å². The van der Waals surface area contributed by atoms with Gasteiger partial charge in [-0.1, -0.05) is 6.07 Å². The van der Waals surface area contributed by atoms with Gasteiger partial charge < -0.3 is 18.9 Å². The molecule has 0 saturated heterocycles. The zero-order chi connectivity index (χ0) is 22.3. The van der Waals surface area contributed by atoms with E-state index in [2.05, 4.69) is 20.0 Å². The molecule has 2 rings (SSSR count). The number of sulfonamides is 1. The van der Waals surface area contributed by atoms with Crippen LogP contribution in [0.25, 0.3) is 0 Å². The van der Waals surface area contributed by atoms with Crippen LogP contribution in [0.4, 0.5) is 10.7 Å². The largest absolute Gasteiger partial charge is 0.481 e. The van der Waals surface area contributed by atoms with Crippen LogP contribution in [0.2, 0.25) is 0 Å². The lowest BCUT2D eigenvalue weighted by molar-refractivity contribution is 0.0596. The van der Waals surface area contributed by atoms with Crippen LogP contribution in [0.5, 0.6) is 11.8 Å². The van der Waals surface area contributed by atoms with Crippen LogP contribution in [-0.2, 0) is 26.1 Å². The number of methoxy groups -OCH3 is 4. The SMILES string of the molecule is COCc1ccc(S(=O)(=O)NC(=O)Nc2nc(OC)cc(OC)n2)c(C(=O)OC)c1. The minimum Gasteiger partial charge on any atom is -0.481 e. The van der Waals surface area contributed by atoms with E-state index in [-0.39, 0.29) is 29.9 Å². The van der Waals surface area contributed by atoms with Gasteiger partial charge in [-0.2, -0.15) is 9.97 Å². The minimum absolute atomic E-state index is 0.0849. The third-order valence-corrected chi connectivity index (χ3v) is 4.99. The van der Waals surface area contributed by atoms with Gasteiger partial charge in [-0.25, -0.2) is 22.7 Å². The zero-order valence-corrected chi connectivity index (χ0v) is 17.4. The maximum Gasteiger partial charge on any atom is 0.339 e. The van der Waals surface area contributed by atoms with Gasteiger partial charge >= 0.3 is 12.0 Å². The lowest BCUT2D eigenvalue weighted by Crippen LogP contribution is -2.35. The number of benzene rings is 1. The summed E-state index contributed by atoms with van der Waals surface area (Å²) >= 11 is 0. The Morgan fingerprint density at radius 3 is 2.17 bits per heavy atom. The fourth-order valence-corrected chi connectivity index (χ4v) is 3.39. The monoisotopic (exact) mass is 440 g/mol. The molecule has 0 aliphatic carbocycles. The average molecular weight is 440 g/mol. The summed E-state index contributed by atoms with van der Waals surface area (Å²) in [6.45, 7) is 0.146. The Kier molecular flexibility index (Phi) is 7.49. The van der Waals surface area contributed by atoms with Crippen molar-refractivity contribution in [2.24, 2.45) is 0 Å². The number of esters is 1. The fraction of sp³-hybridized carbons (Fsp3) is 0.294. The summed E-state index contributed by atoms with van der Waals surface area (Å²) < 4.78 is 46.7. The molecular formula is C17H20N4O8S. The summed E-state index contributed by atoms with van der Waals surface area (Å²) in [5, 5.41) is 2.16. The summed E-state index contributed by atoms with van der Waals surface area (Å²) in [4.78, 5) is 31.6. The third-order valence-electron chi connectivity index (χ3n) is 3.60. The molecule has 0 saturated carbocycles. The van der Waals surface area contributed by atoms with Crippen molar-refractivity contribution < 1.29 is 37.0 Å². The van der Waals surface area contributed by atoms with Crippen molar-refractivity contribution in [2.75, 3.05) is 33.8 Å². The molecule has 12 nitrogen and oxygen atoms in total. The van der Waals surface area contributed by atoms with Crippen molar-refractivity contribution in [3.05, 3.63) is 35.4 Å². The molecule has 0 aliphatic rings. The highest BCUT2D eigenvalue weighted by Crippen LogP contribution is 2.20. The normalized spacial score (nSPS) is 10.8. The molecule has 162 valence electrons. The van der Waals surface area contributed by atoms with Gasteiger partial charge in [0, 0.05) is 7.11 Å². The van der Waals surface area contributed by atoms with Crippen LogP contribution < -0.4 is 19.5 Å². The molecule has 0 radical (unpaired) electrons. The summed E-state index contributed by atoms with van der Waals surface area (Å²) in [7, 11) is 0.795. The van der Waals surface area contributed by atoms with Crippen molar-refractivity contribution >= 4 is 28.0 Å². The number of nitrogens with one attached hydrogen (secondary N) is 2. The Labute approximate surface area is 172 Å². The summed E-state index contributed by atoms with van der Waals surface area (Å²) in [6.07, 6.45) is 0. The molecule has 0 fully saturated rings. The van der Waals surface area contributed by atoms with Gasteiger partial charge in [0.2, 0.25) is 17.7 Å². The summed E-state index contributed by atoms with van der Waals surface area (Å²) in [5.41, 5.74) is 0.282. The molecule has 13 heteroatoms. The van der Waals surface area contributed by atoms with E-state index < -0.39 is 26.9 Å². The lowest BCUT2D eigenvalue weighted by Gasteiger charge is -2.12. The highest BCUT2D eigenvalue weighted by atomic mass is 32.2. The third kappa shape index (κ3) is 5.55. The molecule has 2 aromatic rings. The molecule has 0 aliphatic heterocycles. The molecular weight excluding hydrogens is 420 g/mol. The number of carbonyl (C=O) groups excluding carboxylic acids is 2. The van der Waals surface area contributed by atoms with E-state index in [0.29, 0.717) is 5.56 Å². The quantitative estimate of drug-likeness (QED) is 0.566. The van der Waals surface area contributed by atoms with Crippen molar-refractivity contribution in [1.82, 2.24) is 14.7 Å². The van der Waals surface area contributed by atoms with Gasteiger partial charge in [0.05, 0.1) is 39.6 Å². The first kappa shape index (κ1) is 22.8. The standard InChI is InChI=1S/C17H20N4O8S/c1-26-9-10-5-6-12(11(7-10)15(22)29-4)30(24,25)21-17(23)20-16-18-13(27-2)8-14(19-16)28-3/h5-8H,9H2,1-4H3,(H2,18,19,20,21,23). The van der Waals surface area contributed by atoms with E-state index in [4.69, 9.17) is 14.2 Å². The highest BCUT2D eigenvalue weighted by molar-refractivity contribution is 7.90. The molecule has 0 bridgehead atoms. The first-order chi connectivity index (χ1) is 14.2. The Balaban J connectivity index is 2.30. The Hall–Kier alpha value is -3.45. The number of hydrogen-bond acceptors (Lipinski definition) is 10. The van der Waals surface area contributed by atoms with Crippen molar-refractivity contribution in [1.29, 1.82) is 0 Å². The van der Waals surface area contributed by atoms with Crippen LogP contribution in [-0.4, -0.2) is 58.8 Å². The maximum absolute atomic E-state index is 12.7. The molecule has 2 N–H and O–H groups in total. The van der Waals surface area contributed by atoms with E-state index in [9.17, 15) is 18.0 Å². The minimum atomic E-state index is -4.45. The van der Waals surface area contributed by atoms with Crippen LogP contribution in [0, 0.1) is 0 Å². The molecule has 30 heavy (non-hydrogen) atoms. The predicted octanol–water partition coefficient (Wildman–Crippen LogP) is 0.937. The van der Waals surface area contributed by atoms with Gasteiger partial charge in [0.25, 0.3) is 10.0 Å². The topological polar surface area (TPSA) is 155 Å². The number of aromatic nitrogens is 2. The molecule has 0 unspecified atom stereocenters. The molecule has 1 aromatic carbocycles. The highest BCUT2D eigenvalue weighted by Gasteiger charge is 2.26. The number of ether oxygens (including phenoxy) is 4. The van der Waals surface area contributed by atoms with E-state index in [1.165, 1.54) is 45.6 Å².